The maximum atomic E-state index is 2.53. The highest BCUT2D eigenvalue weighted by molar-refractivity contribution is 5.19. The van der Waals surface area contributed by atoms with E-state index in [0.29, 0.717) is 27.1 Å². The van der Waals surface area contributed by atoms with Crippen molar-refractivity contribution in [2.75, 3.05) is 0 Å². The molecule has 0 aromatic carbocycles. The van der Waals surface area contributed by atoms with E-state index >= 15 is 0 Å². The quantitative estimate of drug-likeness (QED) is 0.234. The zero-order chi connectivity index (χ0) is 41.7. The van der Waals surface area contributed by atoms with Crippen LogP contribution in [0.3, 0.4) is 0 Å². The lowest BCUT2D eigenvalue weighted by atomic mass is 9.30. The SMILES string of the molecule is CC(C)C.CC(C)C.CC(C)C.CC(C)C.CC(C)C(C(C)C)(C(C)C)C(C)C.CC(C)C12CC3(C(C)C)CC(C(C)C)(C1)CC(C(C)C)(C2)C3. The molecule has 312 valence electrons. The highest BCUT2D eigenvalue weighted by Crippen LogP contribution is 2.79. The summed E-state index contributed by atoms with van der Waals surface area (Å²) in [5.41, 5.74) is 3.03. The molecule has 4 saturated carbocycles. The largest absolute Gasteiger partial charge is 0.0630 e. The van der Waals surface area contributed by atoms with Crippen LogP contribution in [0.5, 0.6) is 0 Å². The average Bonchev–Trinajstić information content (AvgIpc) is 2.86. The van der Waals surface area contributed by atoms with Crippen LogP contribution in [-0.2, 0) is 0 Å². The summed E-state index contributed by atoms with van der Waals surface area (Å²) in [4.78, 5) is 0. The van der Waals surface area contributed by atoms with Gasteiger partial charge in [0, 0.05) is 0 Å². The van der Waals surface area contributed by atoms with Gasteiger partial charge in [0.05, 0.1) is 0 Å². The third kappa shape index (κ3) is 16.3. The zero-order valence-electron chi connectivity index (χ0n) is 41.7. The molecule has 0 aromatic rings. The Balaban J connectivity index is -0.000000671. The highest BCUT2D eigenvalue weighted by atomic mass is 14.7. The van der Waals surface area contributed by atoms with Crippen LogP contribution in [-0.4, -0.2) is 0 Å². The molecule has 0 aromatic heterocycles. The van der Waals surface area contributed by atoms with Crippen LogP contribution in [0.25, 0.3) is 0 Å². The summed E-state index contributed by atoms with van der Waals surface area (Å²) in [7, 11) is 0. The molecule has 4 aliphatic rings. The van der Waals surface area contributed by atoms with Crippen molar-refractivity contribution in [2.24, 2.45) is 98.1 Å². The van der Waals surface area contributed by atoms with Crippen molar-refractivity contribution in [3.63, 3.8) is 0 Å². The van der Waals surface area contributed by atoms with E-state index in [1.54, 1.807) is 0 Å². The second-order valence-corrected chi connectivity index (χ2v) is 23.7. The van der Waals surface area contributed by atoms with Crippen molar-refractivity contribution in [3.8, 4) is 0 Å². The number of hydrogen-bond donors (Lipinski definition) is 0. The molecular formula is C51H108. The fraction of sp³-hybridized carbons (Fsp3) is 1.00. The van der Waals surface area contributed by atoms with Gasteiger partial charge in [0.2, 0.25) is 0 Å². The molecule has 51 heavy (non-hydrogen) atoms. The minimum Gasteiger partial charge on any atom is -0.0630 e. The fourth-order valence-electron chi connectivity index (χ4n) is 11.4. The molecule has 4 bridgehead atoms. The zero-order valence-corrected chi connectivity index (χ0v) is 41.7. The molecule has 4 fully saturated rings. The van der Waals surface area contributed by atoms with Crippen LogP contribution >= 0.6 is 0 Å². The molecule has 0 heterocycles. The van der Waals surface area contributed by atoms with E-state index in [-0.39, 0.29) is 0 Å². The highest BCUT2D eigenvalue weighted by Gasteiger charge is 2.69. The number of rotatable bonds is 8. The van der Waals surface area contributed by atoms with E-state index in [4.69, 9.17) is 0 Å². The van der Waals surface area contributed by atoms with Gasteiger partial charge in [0.25, 0.3) is 0 Å². The second kappa shape index (κ2) is 23.2. The molecule has 0 N–H and O–H groups in total. The van der Waals surface area contributed by atoms with Crippen molar-refractivity contribution in [2.45, 2.75) is 232 Å². The lowest BCUT2D eigenvalue weighted by Crippen LogP contribution is -2.66. The first-order valence-corrected chi connectivity index (χ1v) is 22.7. The molecule has 0 radical (unpaired) electrons. The van der Waals surface area contributed by atoms with Crippen LogP contribution in [0.1, 0.15) is 232 Å². The Morgan fingerprint density at radius 3 is 0.373 bits per heavy atom. The van der Waals surface area contributed by atoms with Crippen molar-refractivity contribution in [1.29, 1.82) is 0 Å². The molecule has 0 spiro atoms. The minimum absolute atomic E-state index is 0.500. The molecule has 0 saturated heterocycles. The predicted octanol–water partition coefficient (Wildman–Crippen LogP) is 18.2. The molecule has 0 heteroatoms. The van der Waals surface area contributed by atoms with Gasteiger partial charge in [-0.05, 0) is 137 Å². The summed E-state index contributed by atoms with van der Waals surface area (Å²) in [6, 6.07) is 0. The van der Waals surface area contributed by atoms with Crippen molar-refractivity contribution < 1.29 is 0 Å². The Hall–Kier alpha value is 0. The summed E-state index contributed by atoms with van der Waals surface area (Å²) in [5.74, 6) is 9.82. The first-order valence-electron chi connectivity index (χ1n) is 22.7. The Kier molecular flexibility index (Phi) is 25.1. The van der Waals surface area contributed by atoms with Gasteiger partial charge in [-0.25, -0.2) is 0 Å². The van der Waals surface area contributed by atoms with Crippen molar-refractivity contribution >= 4 is 0 Å². The predicted molar refractivity (Wildman–Crippen MR) is 241 cm³/mol. The third-order valence-electron chi connectivity index (χ3n) is 13.1. The molecule has 4 rings (SSSR count). The molecule has 0 aliphatic heterocycles. The monoisotopic (exact) mass is 721 g/mol. The van der Waals surface area contributed by atoms with Crippen LogP contribution < -0.4 is 0 Å². The van der Waals surface area contributed by atoms with Gasteiger partial charge < -0.3 is 0 Å². The molecule has 4 aliphatic carbocycles. The fourth-order valence-corrected chi connectivity index (χ4v) is 11.4. The topological polar surface area (TPSA) is 0 Å². The van der Waals surface area contributed by atoms with Crippen LogP contribution in [0, 0.1) is 98.1 Å². The summed E-state index contributed by atoms with van der Waals surface area (Å²) >= 11 is 0. The lowest BCUT2D eigenvalue weighted by molar-refractivity contribution is -0.252. The van der Waals surface area contributed by atoms with Crippen LogP contribution in [0.15, 0.2) is 0 Å². The van der Waals surface area contributed by atoms with E-state index in [1.807, 2.05) is 0 Å². The summed E-state index contributed by atoms with van der Waals surface area (Å²) < 4.78 is 0. The summed E-state index contributed by atoms with van der Waals surface area (Å²) in [6.07, 6.45) is 9.16. The Morgan fingerprint density at radius 2 is 0.333 bits per heavy atom. The first kappa shape index (κ1) is 55.3. The van der Waals surface area contributed by atoms with Gasteiger partial charge in [-0.1, -0.05) is 194 Å². The van der Waals surface area contributed by atoms with E-state index in [9.17, 15) is 0 Å². The molecule has 0 unspecified atom stereocenters. The maximum absolute atomic E-state index is 2.53. The average molecular weight is 721 g/mol. The maximum Gasteiger partial charge on any atom is -0.0205 e. The van der Waals surface area contributed by atoms with E-state index in [1.165, 1.54) is 38.5 Å². The van der Waals surface area contributed by atoms with Gasteiger partial charge in [-0.15, -0.1) is 0 Å². The van der Waals surface area contributed by atoms with Gasteiger partial charge in [-0.3, -0.25) is 0 Å². The Morgan fingerprint density at radius 1 is 0.235 bits per heavy atom. The Bertz CT molecular complexity index is 664. The van der Waals surface area contributed by atoms with Crippen LogP contribution in [0.2, 0.25) is 0 Å². The van der Waals surface area contributed by atoms with Gasteiger partial charge >= 0.3 is 0 Å². The first-order chi connectivity index (χ1) is 22.7. The molecular weight excluding hydrogens is 613 g/mol. The third-order valence-corrected chi connectivity index (χ3v) is 13.1. The van der Waals surface area contributed by atoms with Gasteiger partial charge in [0.1, 0.15) is 0 Å². The van der Waals surface area contributed by atoms with Crippen molar-refractivity contribution in [3.05, 3.63) is 0 Å². The molecule has 0 nitrogen and oxygen atoms in total. The standard InChI is InChI=1S/C22H40.C13H28.4C4H10/c1-15(2)19-9-20(16(3)4)12-21(10-19,17(5)6)14-22(11-19,13-20)18(7)8;1-9(2)13(10(3)4,11(5)6)12(7)8;4*1-4(2)3/h15-18H,9-14H2,1-8H3;9-12H,1-8H3;4*4H,1-3H3. The van der Waals surface area contributed by atoms with E-state index in [0.717, 1.165) is 71.0 Å². The number of hydrogen-bond acceptors (Lipinski definition) is 0. The lowest BCUT2D eigenvalue weighted by Gasteiger charge is -2.75. The Labute approximate surface area is 329 Å². The second-order valence-electron chi connectivity index (χ2n) is 23.7. The normalized spacial score (nSPS) is 26.8. The van der Waals surface area contributed by atoms with Crippen LogP contribution in [0.4, 0.5) is 0 Å². The van der Waals surface area contributed by atoms with E-state index in [2.05, 4.69) is 194 Å². The summed E-state index contributed by atoms with van der Waals surface area (Å²) in [5, 5.41) is 0. The smallest absolute Gasteiger partial charge is 0.0205 e. The minimum atomic E-state index is 0.500. The van der Waals surface area contributed by atoms with Gasteiger partial charge in [-0.2, -0.15) is 0 Å². The van der Waals surface area contributed by atoms with Crippen molar-refractivity contribution in [1.82, 2.24) is 0 Å². The summed E-state index contributed by atoms with van der Waals surface area (Å²) in [6.45, 7) is 65.2. The molecule has 0 amide bonds. The van der Waals surface area contributed by atoms with E-state index < -0.39 is 0 Å². The molecule has 0 atom stereocenters. The van der Waals surface area contributed by atoms with Gasteiger partial charge in [0.15, 0.2) is 0 Å².